The van der Waals surface area contributed by atoms with Crippen molar-refractivity contribution in [2.45, 2.75) is 32.1 Å². The van der Waals surface area contributed by atoms with E-state index in [0.29, 0.717) is 60.3 Å². The minimum Gasteiger partial charge on any atom is -0.474 e. The number of likely N-dealkylation sites (N-methyl/N-ethyl adjacent to an activating group) is 1. The molecule has 0 radical (unpaired) electrons. The highest BCUT2D eigenvalue weighted by molar-refractivity contribution is 5.99. The molecule has 0 spiro atoms. The topological polar surface area (TPSA) is 135 Å². The number of aromatic nitrogens is 2. The normalized spacial score (nSPS) is 20.0. The summed E-state index contributed by atoms with van der Waals surface area (Å²) in [5.41, 5.74) is 8.50. The summed E-state index contributed by atoms with van der Waals surface area (Å²) in [6, 6.07) is 3.28. The van der Waals surface area contributed by atoms with Gasteiger partial charge in [0.05, 0.1) is 5.69 Å². The van der Waals surface area contributed by atoms with Gasteiger partial charge in [0.15, 0.2) is 5.82 Å². The molecule has 4 heterocycles. The maximum atomic E-state index is 15.3. The molecule has 1 aromatic carbocycles. The molecule has 2 unspecified atom stereocenters. The van der Waals surface area contributed by atoms with Crippen molar-refractivity contribution in [1.29, 1.82) is 0 Å². The van der Waals surface area contributed by atoms with Gasteiger partial charge in [-0.1, -0.05) is 0 Å². The third-order valence-corrected chi connectivity index (χ3v) is 6.49. The van der Waals surface area contributed by atoms with E-state index < -0.39 is 18.1 Å². The molecular weight excluding hydrogens is 455 g/mol. The summed E-state index contributed by atoms with van der Waals surface area (Å²) in [5.74, 6) is 0.170. The quantitative estimate of drug-likeness (QED) is 0.415. The minimum absolute atomic E-state index is 0.0377. The minimum atomic E-state index is -0.650. The smallest absolute Gasteiger partial charge is 0.413 e. The van der Waals surface area contributed by atoms with Crippen molar-refractivity contribution in [2.24, 2.45) is 0 Å². The monoisotopic (exact) mass is 482 g/mol. The number of carbonyl (C=O) groups excluding carboxylic acids is 1. The molecule has 3 aromatic rings. The highest BCUT2D eigenvalue weighted by Crippen LogP contribution is 2.39. The van der Waals surface area contributed by atoms with E-state index in [-0.39, 0.29) is 17.6 Å². The molecule has 2 atom stereocenters. The fourth-order valence-corrected chi connectivity index (χ4v) is 4.53. The van der Waals surface area contributed by atoms with Crippen LogP contribution in [0.1, 0.15) is 18.4 Å². The summed E-state index contributed by atoms with van der Waals surface area (Å²) in [5, 5.41) is 16.7. The molecule has 0 bridgehead atoms. The summed E-state index contributed by atoms with van der Waals surface area (Å²) in [6.07, 6.45) is 2.57. The number of halogens is 1. The fourth-order valence-electron chi connectivity index (χ4n) is 4.53. The summed E-state index contributed by atoms with van der Waals surface area (Å²) >= 11 is 0. The first-order valence-corrected chi connectivity index (χ1v) is 11.4. The van der Waals surface area contributed by atoms with Crippen molar-refractivity contribution in [3.05, 3.63) is 35.9 Å². The second-order valence-corrected chi connectivity index (χ2v) is 8.84. The van der Waals surface area contributed by atoms with Crippen LogP contribution in [0.5, 0.6) is 5.88 Å². The Bertz CT molecular complexity index is 1300. The molecule has 2 aliphatic heterocycles. The lowest BCUT2D eigenvalue weighted by Crippen LogP contribution is -2.44. The number of carbonyl (C=O) groups is 1. The number of nitrogens with zero attached hydrogens (tertiary/aromatic N) is 3. The number of amides is 1. The maximum Gasteiger partial charge on any atom is 0.413 e. The molecule has 1 saturated heterocycles. The zero-order valence-electron chi connectivity index (χ0n) is 19.5. The Labute approximate surface area is 201 Å². The number of anilines is 3. The van der Waals surface area contributed by atoms with Crippen molar-refractivity contribution in [3.8, 4) is 17.0 Å². The lowest BCUT2D eigenvalue weighted by Gasteiger charge is -2.33. The van der Waals surface area contributed by atoms with Crippen LogP contribution in [0.25, 0.3) is 21.9 Å². The number of hydrogen-bond acceptors (Lipinski definition) is 9. The van der Waals surface area contributed by atoms with E-state index >= 15 is 4.39 Å². The summed E-state index contributed by atoms with van der Waals surface area (Å²) < 4.78 is 26.4. The fraction of sp³-hybridized carbons (Fsp3) is 0.375. The van der Waals surface area contributed by atoms with Crippen LogP contribution in [-0.4, -0.2) is 65.1 Å². The highest BCUT2D eigenvalue weighted by atomic mass is 19.1. The van der Waals surface area contributed by atoms with Crippen LogP contribution in [-0.2, 0) is 4.74 Å². The summed E-state index contributed by atoms with van der Waals surface area (Å²) in [7, 11) is 1.77. The largest absolute Gasteiger partial charge is 0.474 e. The van der Waals surface area contributed by atoms with E-state index in [2.05, 4.69) is 20.6 Å². The molecule has 5 N–H and O–H groups in total. The molecule has 5 rings (SSSR count). The van der Waals surface area contributed by atoms with Crippen LogP contribution in [0.4, 0.5) is 26.4 Å². The van der Waals surface area contributed by atoms with Crippen molar-refractivity contribution in [3.63, 3.8) is 0 Å². The highest BCUT2D eigenvalue weighted by Gasteiger charge is 2.27. The van der Waals surface area contributed by atoms with Gasteiger partial charge < -0.3 is 25.6 Å². The van der Waals surface area contributed by atoms with Crippen LogP contribution in [0.3, 0.4) is 0 Å². The Morgan fingerprint density at radius 1 is 1.31 bits per heavy atom. The van der Waals surface area contributed by atoms with E-state index in [1.807, 2.05) is 6.92 Å². The van der Waals surface area contributed by atoms with Crippen molar-refractivity contribution in [1.82, 2.24) is 14.9 Å². The van der Waals surface area contributed by atoms with Gasteiger partial charge in [-0.2, -0.15) is 0 Å². The lowest BCUT2D eigenvalue weighted by atomic mass is 9.97. The predicted molar refractivity (Wildman–Crippen MR) is 130 cm³/mol. The molecule has 1 fully saturated rings. The molecule has 0 aliphatic carbocycles. The molecule has 11 heteroatoms. The number of piperidine rings is 1. The zero-order valence-corrected chi connectivity index (χ0v) is 19.5. The number of nitrogen functional groups attached to an aromatic ring is 1. The van der Waals surface area contributed by atoms with Gasteiger partial charge in [0.25, 0.3) is 0 Å². The van der Waals surface area contributed by atoms with Gasteiger partial charge in [0.1, 0.15) is 30.4 Å². The van der Waals surface area contributed by atoms with Gasteiger partial charge in [-0.3, -0.25) is 10.2 Å². The van der Waals surface area contributed by atoms with Crippen LogP contribution in [0.15, 0.2) is 24.5 Å². The number of nitrogens with one attached hydrogen (secondary N) is 2. The molecule has 10 nitrogen and oxygen atoms in total. The van der Waals surface area contributed by atoms with Crippen molar-refractivity contribution in [2.75, 3.05) is 43.1 Å². The van der Waals surface area contributed by atoms with Crippen LogP contribution < -0.4 is 21.1 Å². The van der Waals surface area contributed by atoms with E-state index in [9.17, 15) is 9.90 Å². The third-order valence-electron chi connectivity index (χ3n) is 6.49. The Hall–Kier alpha value is -3.70. The van der Waals surface area contributed by atoms with Gasteiger partial charge in [0.2, 0.25) is 5.88 Å². The number of ether oxygens (including phenoxy) is 2. The van der Waals surface area contributed by atoms with Crippen LogP contribution in [0.2, 0.25) is 0 Å². The zero-order chi connectivity index (χ0) is 24.7. The molecule has 35 heavy (non-hydrogen) atoms. The number of aliphatic hydroxyl groups excluding tert-OH is 1. The van der Waals surface area contributed by atoms with E-state index in [1.165, 1.54) is 6.20 Å². The van der Waals surface area contributed by atoms with E-state index in [0.717, 1.165) is 11.3 Å². The molecule has 2 aromatic heterocycles. The SMILES string of the molecule is Cc1c(-c2cc3cc(NC(=O)OC4CCC(O)N(C)C4)ncc3c(N)c2F)cnc2c1NCCO2. The molecule has 0 saturated carbocycles. The first-order valence-electron chi connectivity index (χ1n) is 11.4. The van der Waals surface area contributed by atoms with Crippen LogP contribution >= 0.6 is 0 Å². The Kier molecular flexibility index (Phi) is 6.03. The third kappa shape index (κ3) is 4.40. The number of pyridine rings is 2. The number of rotatable bonds is 3. The van der Waals surface area contributed by atoms with Crippen LogP contribution in [0, 0.1) is 12.7 Å². The molecule has 1 amide bonds. The average molecular weight is 483 g/mol. The second-order valence-electron chi connectivity index (χ2n) is 8.84. The maximum absolute atomic E-state index is 15.3. The number of fused-ring (bicyclic) bond motifs is 2. The van der Waals surface area contributed by atoms with Gasteiger partial charge in [-0.25, -0.2) is 19.2 Å². The molecule has 2 aliphatic rings. The first kappa shape index (κ1) is 23.1. The van der Waals surface area contributed by atoms with E-state index in [4.69, 9.17) is 15.2 Å². The number of likely N-dealkylation sites (tertiary alicyclic amines) is 1. The second kappa shape index (κ2) is 9.16. The molecule has 184 valence electrons. The van der Waals surface area contributed by atoms with Gasteiger partial charge >= 0.3 is 6.09 Å². The summed E-state index contributed by atoms with van der Waals surface area (Å²) in [6.45, 7) is 3.46. The number of aliphatic hydroxyl groups is 1. The van der Waals surface area contributed by atoms with Gasteiger partial charge in [-0.05, 0) is 49.9 Å². The molecular formula is C24H27FN6O4. The standard InChI is InChI=1S/C24H27FN6O4/c1-12-16(9-29-23-22(12)27-5-6-34-23)15-7-13-8-18(28-10-17(13)21(26)20(15)25)30-24(33)35-14-3-4-19(32)31(2)11-14/h7-10,14,19,27,32H,3-6,11,26H2,1-2H3,(H,28,30,33). The number of hydrogen-bond donors (Lipinski definition) is 4. The van der Waals surface area contributed by atoms with E-state index in [1.54, 1.807) is 30.3 Å². The van der Waals surface area contributed by atoms with Gasteiger partial charge in [-0.15, -0.1) is 0 Å². The predicted octanol–water partition coefficient (Wildman–Crippen LogP) is 3.09. The Morgan fingerprint density at radius 2 is 2.14 bits per heavy atom. The van der Waals surface area contributed by atoms with Crippen molar-refractivity contribution < 1.29 is 23.8 Å². The average Bonchev–Trinajstić information content (AvgIpc) is 2.84. The first-order chi connectivity index (χ1) is 16.8. The van der Waals surface area contributed by atoms with Crippen molar-refractivity contribution >= 4 is 34.1 Å². The Balaban J connectivity index is 1.42. The summed E-state index contributed by atoms with van der Waals surface area (Å²) in [4.78, 5) is 22.7. The number of nitrogens with two attached hydrogens (primary N) is 1. The number of benzene rings is 1. The lowest BCUT2D eigenvalue weighted by molar-refractivity contribution is -0.0526. The Morgan fingerprint density at radius 3 is 2.94 bits per heavy atom. The van der Waals surface area contributed by atoms with Gasteiger partial charge in [0, 0.05) is 42.0 Å².